The molecule has 0 saturated carbocycles. The van der Waals surface area contributed by atoms with E-state index in [0.717, 1.165) is 11.0 Å². The minimum absolute atomic E-state index is 0.0732. The molecule has 40 heavy (non-hydrogen) atoms. The number of carbonyl (C=O) groups excluding carboxylic acids is 2. The lowest BCUT2D eigenvalue weighted by atomic mass is 9.79. The van der Waals surface area contributed by atoms with Gasteiger partial charge >= 0.3 is 6.18 Å². The Morgan fingerprint density at radius 2 is 1.55 bits per heavy atom. The molecule has 4 aliphatic heterocycles. The van der Waals surface area contributed by atoms with Crippen LogP contribution in [-0.2, 0) is 30.5 Å². The molecule has 1 aromatic rings. The van der Waals surface area contributed by atoms with Gasteiger partial charge in [-0.1, -0.05) is 0 Å². The van der Waals surface area contributed by atoms with Crippen LogP contribution in [0.1, 0.15) is 31.9 Å². The second-order valence-electron chi connectivity index (χ2n) is 11.4. The lowest BCUT2D eigenvalue weighted by Crippen LogP contribution is -2.59. The number of amides is 2. The number of fused-ring (bicyclic) bond motifs is 5. The number of imide groups is 1. The first-order valence-corrected chi connectivity index (χ1v) is 14.9. The van der Waals surface area contributed by atoms with Crippen molar-refractivity contribution < 1.29 is 35.9 Å². The normalized spacial score (nSPS) is 32.0. The van der Waals surface area contributed by atoms with Crippen molar-refractivity contribution in [1.82, 2.24) is 14.1 Å². The number of sulfonamides is 1. The van der Waals surface area contributed by atoms with Crippen LogP contribution in [0.3, 0.4) is 0 Å². The number of piperazine rings is 1. The molecule has 5 rings (SSSR count). The Bertz CT molecular complexity index is 1340. The Kier molecular flexibility index (Phi) is 7.07. The molecule has 0 radical (unpaired) electrons. The molecule has 2 bridgehead atoms. The zero-order valence-electron chi connectivity index (χ0n) is 22.6. The lowest BCUT2D eigenvalue weighted by molar-refractivity contribution is -0.169. The fourth-order valence-electron chi connectivity index (χ4n) is 6.88. The molecule has 0 unspecified atom stereocenters. The number of halogens is 3. The van der Waals surface area contributed by atoms with E-state index in [-0.39, 0.29) is 11.4 Å². The first kappa shape index (κ1) is 28.9. The van der Waals surface area contributed by atoms with Crippen molar-refractivity contribution in [2.45, 2.75) is 38.1 Å². The number of nitrogens with zero attached hydrogens (tertiary/aromatic N) is 5. The van der Waals surface area contributed by atoms with Crippen LogP contribution in [0.4, 0.5) is 18.9 Å². The van der Waals surface area contributed by atoms with E-state index in [1.54, 1.807) is 20.8 Å². The summed E-state index contributed by atoms with van der Waals surface area (Å²) in [5.74, 6) is -2.85. The summed E-state index contributed by atoms with van der Waals surface area (Å²) >= 11 is 0. The van der Waals surface area contributed by atoms with E-state index in [2.05, 4.69) is 9.80 Å². The van der Waals surface area contributed by atoms with Crippen LogP contribution in [-0.4, -0.2) is 104 Å². The highest BCUT2D eigenvalue weighted by molar-refractivity contribution is 7.89. The third-order valence-electron chi connectivity index (χ3n) is 8.67. The third kappa shape index (κ3) is 4.71. The highest BCUT2D eigenvalue weighted by Gasteiger charge is 2.71. The van der Waals surface area contributed by atoms with Gasteiger partial charge in [-0.15, -0.1) is 0 Å². The van der Waals surface area contributed by atoms with Crippen molar-refractivity contribution in [2.75, 3.05) is 63.0 Å². The molecule has 2 amide bonds. The van der Waals surface area contributed by atoms with Gasteiger partial charge in [0.05, 0.1) is 51.7 Å². The van der Waals surface area contributed by atoms with Gasteiger partial charge in [-0.3, -0.25) is 19.4 Å². The van der Waals surface area contributed by atoms with Gasteiger partial charge in [0.15, 0.2) is 0 Å². The topological polar surface area (TPSA) is 114 Å². The standard InChI is InChI=1S/C26H32F3N5O5S/c1-4-40(37,38)33-11-9-31(10-12-33)7-8-32-15-24(2)20-21(25(3,16-32)39-24)23(36)34(22(20)35)18-6-5-17(14-30)19(13-18)26(27,28)29/h5-6,13,20-21H,4,7-12,15-16H2,1-3H3/t20-,21+,24+,25-. The van der Waals surface area contributed by atoms with Gasteiger partial charge in [0.2, 0.25) is 21.8 Å². The number of hydrogen-bond acceptors (Lipinski definition) is 8. The largest absolute Gasteiger partial charge is 0.417 e. The number of carbonyl (C=O) groups is 2. The van der Waals surface area contributed by atoms with Crippen molar-refractivity contribution in [1.29, 1.82) is 5.26 Å². The summed E-state index contributed by atoms with van der Waals surface area (Å²) in [5, 5.41) is 9.11. The zero-order valence-corrected chi connectivity index (χ0v) is 23.4. The number of hydrogen-bond donors (Lipinski definition) is 0. The fraction of sp³-hybridized carbons (Fsp3) is 0.654. The van der Waals surface area contributed by atoms with Crippen LogP contribution >= 0.6 is 0 Å². The van der Waals surface area contributed by atoms with Gasteiger partial charge < -0.3 is 4.74 Å². The summed E-state index contributed by atoms with van der Waals surface area (Å²) in [4.78, 5) is 32.5. The first-order chi connectivity index (χ1) is 18.6. The number of rotatable bonds is 6. The second kappa shape index (κ2) is 9.77. The number of ether oxygens (including phenoxy) is 1. The smallest absolute Gasteiger partial charge is 0.365 e. The molecule has 4 atom stereocenters. The lowest BCUT2D eigenvalue weighted by Gasteiger charge is -2.45. The third-order valence-corrected chi connectivity index (χ3v) is 10.6. The molecular formula is C26H32F3N5O5S. The van der Waals surface area contributed by atoms with E-state index in [1.807, 2.05) is 0 Å². The highest BCUT2D eigenvalue weighted by atomic mass is 32.2. The Morgan fingerprint density at radius 3 is 2.05 bits per heavy atom. The molecular weight excluding hydrogens is 551 g/mol. The molecule has 4 fully saturated rings. The fourth-order valence-corrected chi connectivity index (χ4v) is 7.96. The van der Waals surface area contributed by atoms with Gasteiger partial charge in [0, 0.05) is 52.4 Å². The van der Waals surface area contributed by atoms with Crippen LogP contribution in [0.25, 0.3) is 0 Å². The van der Waals surface area contributed by atoms with Crippen molar-refractivity contribution in [3.05, 3.63) is 29.3 Å². The number of morpholine rings is 1. The van der Waals surface area contributed by atoms with E-state index in [4.69, 9.17) is 10.00 Å². The van der Waals surface area contributed by atoms with Crippen molar-refractivity contribution in [3.8, 4) is 6.07 Å². The van der Waals surface area contributed by atoms with E-state index >= 15 is 0 Å². The van der Waals surface area contributed by atoms with Gasteiger partial charge in [-0.2, -0.15) is 22.7 Å². The molecule has 218 valence electrons. The van der Waals surface area contributed by atoms with E-state index in [9.17, 15) is 31.2 Å². The van der Waals surface area contributed by atoms with Crippen LogP contribution in [0.15, 0.2) is 18.2 Å². The van der Waals surface area contributed by atoms with Crippen molar-refractivity contribution in [3.63, 3.8) is 0 Å². The molecule has 0 aliphatic carbocycles. The SMILES string of the molecule is CCS(=O)(=O)N1CCN(CCN2C[C@@]3(C)O[C@@](C)(C2)[C@H]2C(=O)N(c4ccc(C#N)c(C(F)(F)F)c4)C(=O)[C@H]23)CC1. The van der Waals surface area contributed by atoms with Crippen LogP contribution in [0, 0.1) is 23.2 Å². The number of nitriles is 1. The second-order valence-corrected chi connectivity index (χ2v) is 13.6. The summed E-state index contributed by atoms with van der Waals surface area (Å²) in [5.41, 5.74) is -4.03. The highest BCUT2D eigenvalue weighted by Crippen LogP contribution is 2.55. The summed E-state index contributed by atoms with van der Waals surface area (Å²) in [6, 6.07) is 4.38. The summed E-state index contributed by atoms with van der Waals surface area (Å²) < 4.78 is 72.9. The Morgan fingerprint density at radius 1 is 1.00 bits per heavy atom. The summed E-state index contributed by atoms with van der Waals surface area (Å²) in [6.45, 7) is 9.29. The van der Waals surface area contributed by atoms with E-state index in [1.165, 1.54) is 16.4 Å². The molecule has 10 nitrogen and oxygen atoms in total. The average molecular weight is 584 g/mol. The summed E-state index contributed by atoms with van der Waals surface area (Å²) in [6.07, 6.45) is -4.82. The molecule has 4 aliphatic rings. The maximum absolute atomic E-state index is 13.7. The summed E-state index contributed by atoms with van der Waals surface area (Å²) in [7, 11) is -3.22. The monoisotopic (exact) mass is 583 g/mol. The Labute approximate surface area is 231 Å². The predicted octanol–water partition coefficient (Wildman–Crippen LogP) is 1.51. The van der Waals surface area contributed by atoms with E-state index < -0.39 is 62.2 Å². The first-order valence-electron chi connectivity index (χ1n) is 13.3. The average Bonchev–Trinajstić information content (AvgIpc) is 3.26. The minimum Gasteiger partial charge on any atom is -0.365 e. The molecule has 4 saturated heterocycles. The number of likely N-dealkylation sites (tertiary alicyclic amines) is 1. The number of anilines is 1. The van der Waals surface area contributed by atoms with Crippen LogP contribution < -0.4 is 4.90 Å². The minimum atomic E-state index is -4.82. The van der Waals surface area contributed by atoms with Gasteiger partial charge in [-0.05, 0) is 39.0 Å². The zero-order chi connectivity index (χ0) is 29.3. The van der Waals surface area contributed by atoms with Crippen LogP contribution in [0.5, 0.6) is 0 Å². The molecule has 0 aromatic heterocycles. The van der Waals surface area contributed by atoms with Crippen LogP contribution in [0.2, 0.25) is 0 Å². The Hall–Kier alpha value is -2.57. The van der Waals surface area contributed by atoms with Crippen molar-refractivity contribution >= 4 is 27.5 Å². The molecule has 4 heterocycles. The van der Waals surface area contributed by atoms with Gasteiger partial charge in [0.1, 0.15) is 0 Å². The molecule has 1 aromatic carbocycles. The van der Waals surface area contributed by atoms with Crippen molar-refractivity contribution in [2.24, 2.45) is 11.8 Å². The predicted molar refractivity (Wildman–Crippen MR) is 137 cm³/mol. The quantitative estimate of drug-likeness (QED) is 0.464. The molecule has 0 spiro atoms. The van der Waals surface area contributed by atoms with E-state index in [0.29, 0.717) is 58.4 Å². The number of benzene rings is 1. The van der Waals surface area contributed by atoms with Gasteiger partial charge in [0.25, 0.3) is 0 Å². The Balaban J connectivity index is 1.31. The molecule has 0 N–H and O–H groups in total. The number of alkyl halides is 3. The van der Waals surface area contributed by atoms with Gasteiger partial charge in [-0.25, -0.2) is 13.3 Å². The maximum Gasteiger partial charge on any atom is 0.417 e. The molecule has 14 heteroatoms. The maximum atomic E-state index is 13.7.